The lowest BCUT2D eigenvalue weighted by atomic mass is 10.0. The van der Waals surface area contributed by atoms with Gasteiger partial charge in [-0.2, -0.15) is 0 Å². The number of aryl methyl sites for hydroxylation is 2. The van der Waals surface area contributed by atoms with Gasteiger partial charge in [-0.15, -0.1) is 0 Å². The Bertz CT molecular complexity index is 1330. The van der Waals surface area contributed by atoms with E-state index in [1.54, 1.807) is 31.7 Å². The first-order chi connectivity index (χ1) is 15.1. The summed E-state index contributed by atoms with van der Waals surface area (Å²) >= 11 is 0. The number of hydrogen-bond acceptors (Lipinski definition) is 5. The Labute approximate surface area is 184 Å². The Kier molecular flexibility index (Phi) is 5.68. The number of nitrogens with one attached hydrogen (secondary N) is 1. The molecular weight excluding hydrogens is 442 g/mol. The van der Waals surface area contributed by atoms with Crippen molar-refractivity contribution >= 4 is 32.6 Å². The fourth-order valence-corrected chi connectivity index (χ4v) is 5.26. The summed E-state index contributed by atoms with van der Waals surface area (Å²) in [4.78, 5) is 14.4. The predicted molar refractivity (Wildman–Crippen MR) is 114 cm³/mol. The molecule has 4 rings (SSSR count). The van der Waals surface area contributed by atoms with Crippen molar-refractivity contribution < 1.29 is 31.1 Å². The van der Waals surface area contributed by atoms with Crippen LogP contribution in [0.1, 0.15) is 27.2 Å². The number of nitrogens with zero attached hydrogens (tertiary/aromatic N) is 1. The molecule has 0 radical (unpaired) electrons. The first-order valence-corrected chi connectivity index (χ1v) is 11.5. The molecule has 0 bridgehead atoms. The number of fused-ring (bicyclic) bond motifs is 1. The van der Waals surface area contributed by atoms with E-state index >= 15 is 0 Å². The van der Waals surface area contributed by atoms with Gasteiger partial charge in [-0.05, 0) is 50.1 Å². The monoisotopic (exact) mass is 464 g/mol. The van der Waals surface area contributed by atoms with Crippen LogP contribution in [0.4, 0.5) is 14.5 Å². The van der Waals surface area contributed by atoms with Gasteiger partial charge in [-0.1, -0.05) is 0 Å². The normalized spacial score (nSPS) is 14.7. The van der Waals surface area contributed by atoms with E-state index in [9.17, 15) is 22.0 Å². The number of ether oxygens (including phenoxy) is 1. The van der Waals surface area contributed by atoms with Gasteiger partial charge >= 0.3 is 0 Å². The van der Waals surface area contributed by atoms with Crippen molar-refractivity contribution in [3.05, 3.63) is 58.4 Å². The van der Waals surface area contributed by atoms with E-state index < -0.39 is 27.3 Å². The number of hydrogen-bond donors (Lipinski definition) is 1. The van der Waals surface area contributed by atoms with Gasteiger partial charge in [0.2, 0.25) is 0 Å². The van der Waals surface area contributed by atoms with Crippen LogP contribution in [0.25, 0.3) is 11.0 Å². The third-order valence-electron chi connectivity index (χ3n) is 5.63. The molecule has 170 valence electrons. The molecule has 10 heteroatoms. The van der Waals surface area contributed by atoms with Crippen LogP contribution in [-0.4, -0.2) is 45.5 Å². The molecule has 0 spiro atoms. The van der Waals surface area contributed by atoms with Crippen LogP contribution < -0.4 is 4.72 Å². The molecule has 2 heterocycles. The van der Waals surface area contributed by atoms with Gasteiger partial charge in [0.05, 0.1) is 18.9 Å². The summed E-state index contributed by atoms with van der Waals surface area (Å²) in [6, 6.07) is 4.24. The average Bonchev–Trinajstić information content (AvgIpc) is 3.07. The SMILES string of the molecule is Cc1cc2c(C)c(C(=O)N3CCOCC3)oc2c(S(=O)(=O)Nc2cc(F)ccc2F)c1C. The van der Waals surface area contributed by atoms with E-state index in [0.717, 1.165) is 18.2 Å². The smallest absolute Gasteiger partial charge is 0.290 e. The Morgan fingerprint density at radius 3 is 2.44 bits per heavy atom. The number of amides is 1. The van der Waals surface area contributed by atoms with Crippen LogP contribution in [-0.2, 0) is 14.8 Å². The topological polar surface area (TPSA) is 88.9 Å². The standard InChI is InChI=1S/C22H22F2N2O5S/c1-12-10-16-14(3)19(22(27)26-6-8-30-9-7-26)31-20(16)21(13(12)2)32(28,29)25-18-11-15(23)4-5-17(18)24/h4-5,10-11,25H,6-9H2,1-3H3. The molecule has 1 amide bonds. The molecular formula is C22H22F2N2O5S. The number of anilines is 1. The van der Waals surface area contributed by atoms with E-state index in [0.29, 0.717) is 48.4 Å². The third kappa shape index (κ3) is 3.84. The number of benzene rings is 2. The molecule has 0 saturated carbocycles. The molecule has 3 aromatic rings. The van der Waals surface area contributed by atoms with Crippen LogP contribution in [0.5, 0.6) is 0 Å². The van der Waals surface area contributed by atoms with Crippen LogP contribution in [0, 0.1) is 32.4 Å². The number of furan rings is 1. The van der Waals surface area contributed by atoms with Crippen molar-refractivity contribution in [2.75, 3.05) is 31.0 Å². The molecule has 1 saturated heterocycles. The lowest BCUT2D eigenvalue weighted by Crippen LogP contribution is -2.40. The highest BCUT2D eigenvalue weighted by molar-refractivity contribution is 7.93. The van der Waals surface area contributed by atoms with Crippen molar-refractivity contribution in [1.29, 1.82) is 0 Å². The van der Waals surface area contributed by atoms with Gasteiger partial charge in [0.15, 0.2) is 11.3 Å². The van der Waals surface area contributed by atoms with Gasteiger partial charge in [0, 0.05) is 30.1 Å². The van der Waals surface area contributed by atoms with Crippen molar-refractivity contribution in [1.82, 2.24) is 4.90 Å². The zero-order chi connectivity index (χ0) is 23.2. The summed E-state index contributed by atoms with van der Waals surface area (Å²) < 4.78 is 67.5. The summed E-state index contributed by atoms with van der Waals surface area (Å²) in [5.74, 6) is -2.03. The number of sulfonamides is 1. The molecule has 1 fully saturated rings. The van der Waals surface area contributed by atoms with Crippen LogP contribution >= 0.6 is 0 Å². The Morgan fingerprint density at radius 2 is 1.75 bits per heavy atom. The second kappa shape index (κ2) is 8.18. The maximum Gasteiger partial charge on any atom is 0.290 e. The van der Waals surface area contributed by atoms with Gasteiger partial charge in [0.1, 0.15) is 16.5 Å². The largest absolute Gasteiger partial charge is 0.449 e. The van der Waals surface area contributed by atoms with Crippen LogP contribution in [0.2, 0.25) is 0 Å². The van der Waals surface area contributed by atoms with Gasteiger partial charge in [0.25, 0.3) is 15.9 Å². The highest BCUT2D eigenvalue weighted by Gasteiger charge is 2.30. The first kappa shape index (κ1) is 22.2. The first-order valence-electron chi connectivity index (χ1n) is 9.98. The van der Waals surface area contributed by atoms with Gasteiger partial charge < -0.3 is 14.1 Å². The number of carbonyl (C=O) groups excluding carboxylic acids is 1. The molecule has 0 unspecified atom stereocenters. The maximum atomic E-state index is 14.1. The van der Waals surface area contributed by atoms with E-state index in [1.807, 2.05) is 0 Å². The van der Waals surface area contributed by atoms with Crippen LogP contribution in [0.15, 0.2) is 33.6 Å². The van der Waals surface area contributed by atoms with Crippen molar-refractivity contribution in [3.63, 3.8) is 0 Å². The Morgan fingerprint density at radius 1 is 1.06 bits per heavy atom. The molecule has 1 aliphatic rings. The Hall–Kier alpha value is -2.98. The summed E-state index contributed by atoms with van der Waals surface area (Å²) in [5, 5.41) is 0.463. The van der Waals surface area contributed by atoms with Crippen molar-refractivity contribution in [2.45, 2.75) is 25.7 Å². The fraction of sp³-hybridized carbons (Fsp3) is 0.318. The molecule has 0 atom stereocenters. The third-order valence-corrected chi connectivity index (χ3v) is 7.14. The predicted octanol–water partition coefficient (Wildman–Crippen LogP) is 3.91. The average molecular weight is 464 g/mol. The summed E-state index contributed by atoms with van der Waals surface area (Å²) in [6.45, 7) is 6.62. The van der Waals surface area contributed by atoms with E-state index in [2.05, 4.69) is 4.72 Å². The minimum absolute atomic E-state index is 0.00785. The highest BCUT2D eigenvalue weighted by Crippen LogP contribution is 2.36. The summed E-state index contributed by atoms with van der Waals surface area (Å²) in [6.07, 6.45) is 0. The van der Waals surface area contributed by atoms with Gasteiger partial charge in [-0.3, -0.25) is 9.52 Å². The maximum absolute atomic E-state index is 14.1. The second-order valence-electron chi connectivity index (χ2n) is 7.71. The second-order valence-corrected chi connectivity index (χ2v) is 9.33. The molecule has 1 aliphatic heterocycles. The molecule has 7 nitrogen and oxygen atoms in total. The number of rotatable bonds is 4. The number of halogens is 2. The highest BCUT2D eigenvalue weighted by atomic mass is 32.2. The van der Waals surface area contributed by atoms with Crippen molar-refractivity contribution in [3.8, 4) is 0 Å². The zero-order valence-corrected chi connectivity index (χ0v) is 18.6. The zero-order valence-electron chi connectivity index (χ0n) is 17.8. The minimum atomic E-state index is -4.38. The van der Waals surface area contributed by atoms with E-state index in [-0.39, 0.29) is 22.1 Å². The fourth-order valence-electron chi connectivity index (χ4n) is 3.75. The number of morpholine rings is 1. The lowest BCUT2D eigenvalue weighted by molar-refractivity contribution is 0.0283. The molecule has 1 aromatic heterocycles. The van der Waals surface area contributed by atoms with Gasteiger partial charge in [-0.25, -0.2) is 17.2 Å². The molecule has 1 N–H and O–H groups in total. The van der Waals surface area contributed by atoms with E-state index in [4.69, 9.17) is 9.15 Å². The molecule has 2 aromatic carbocycles. The quantitative estimate of drug-likeness (QED) is 0.633. The molecule has 32 heavy (non-hydrogen) atoms. The Balaban J connectivity index is 1.86. The number of carbonyl (C=O) groups is 1. The minimum Gasteiger partial charge on any atom is -0.449 e. The lowest BCUT2D eigenvalue weighted by Gasteiger charge is -2.26. The van der Waals surface area contributed by atoms with E-state index in [1.165, 1.54) is 0 Å². The summed E-state index contributed by atoms with van der Waals surface area (Å²) in [7, 11) is -4.38. The molecule has 0 aliphatic carbocycles. The van der Waals surface area contributed by atoms with Crippen LogP contribution in [0.3, 0.4) is 0 Å². The summed E-state index contributed by atoms with van der Waals surface area (Å²) in [5.41, 5.74) is 0.999. The van der Waals surface area contributed by atoms with Crippen molar-refractivity contribution in [2.24, 2.45) is 0 Å².